The first-order chi connectivity index (χ1) is 9.57. The summed E-state index contributed by atoms with van der Waals surface area (Å²) in [6, 6.07) is 10.3. The van der Waals surface area contributed by atoms with E-state index >= 15 is 0 Å². The Hall–Kier alpha value is -0.670. The highest BCUT2D eigenvalue weighted by atomic mass is 31.2. The van der Waals surface area contributed by atoms with Crippen molar-refractivity contribution in [2.24, 2.45) is 0 Å². The summed E-state index contributed by atoms with van der Waals surface area (Å²) in [7, 11) is -3.19. The third-order valence-electron chi connectivity index (χ3n) is 3.11. The van der Waals surface area contributed by atoms with E-state index in [-0.39, 0.29) is 6.04 Å². The molecular formula is C15H26NO3P. The summed E-state index contributed by atoms with van der Waals surface area (Å²) >= 11 is 0. The molecule has 20 heavy (non-hydrogen) atoms. The van der Waals surface area contributed by atoms with Crippen molar-refractivity contribution in [1.82, 2.24) is 4.67 Å². The van der Waals surface area contributed by atoms with Gasteiger partial charge in [0.1, 0.15) is 0 Å². The molecule has 0 heterocycles. The van der Waals surface area contributed by atoms with E-state index in [1.165, 1.54) is 5.56 Å². The fourth-order valence-corrected chi connectivity index (χ4v) is 4.23. The first-order valence-corrected chi connectivity index (χ1v) is 8.77. The van der Waals surface area contributed by atoms with Crippen LogP contribution in [0.25, 0.3) is 0 Å². The van der Waals surface area contributed by atoms with Gasteiger partial charge < -0.3 is 0 Å². The molecule has 0 aliphatic heterocycles. The van der Waals surface area contributed by atoms with E-state index in [2.05, 4.69) is 19.1 Å². The van der Waals surface area contributed by atoms with E-state index in [9.17, 15) is 4.57 Å². The van der Waals surface area contributed by atoms with Crippen LogP contribution in [0.5, 0.6) is 0 Å². The fraction of sp³-hybridized carbons (Fsp3) is 0.600. The van der Waals surface area contributed by atoms with Gasteiger partial charge in [-0.05, 0) is 32.8 Å². The van der Waals surface area contributed by atoms with Crippen molar-refractivity contribution in [3.8, 4) is 0 Å². The average molecular weight is 299 g/mol. The summed E-state index contributed by atoms with van der Waals surface area (Å²) in [4.78, 5) is 0. The van der Waals surface area contributed by atoms with Crippen molar-refractivity contribution in [2.75, 3.05) is 19.8 Å². The van der Waals surface area contributed by atoms with Crippen LogP contribution >= 0.6 is 7.75 Å². The van der Waals surface area contributed by atoms with E-state index in [4.69, 9.17) is 9.05 Å². The fourth-order valence-electron chi connectivity index (χ4n) is 2.30. The maximum absolute atomic E-state index is 12.9. The molecule has 0 aliphatic carbocycles. The minimum absolute atomic E-state index is 0.0892. The Morgan fingerprint density at radius 1 is 1.10 bits per heavy atom. The maximum atomic E-state index is 12.9. The summed E-state index contributed by atoms with van der Waals surface area (Å²) in [5.41, 5.74) is 1.22. The molecule has 4 nitrogen and oxygen atoms in total. The van der Waals surface area contributed by atoms with Crippen molar-refractivity contribution in [3.63, 3.8) is 0 Å². The zero-order valence-electron chi connectivity index (χ0n) is 12.9. The van der Waals surface area contributed by atoms with Gasteiger partial charge in [-0.2, -0.15) is 0 Å². The zero-order chi connectivity index (χ0) is 15.0. The molecule has 0 saturated heterocycles. The van der Waals surface area contributed by atoms with Crippen LogP contribution in [0, 0.1) is 0 Å². The molecule has 1 aromatic carbocycles. The highest BCUT2D eigenvalue weighted by Crippen LogP contribution is 2.53. The highest BCUT2D eigenvalue weighted by Gasteiger charge is 2.35. The standard InChI is InChI=1S/C15H26NO3P/c1-5-16(20(17,18-6-2)19-7-3)14(4)13-15-11-9-8-10-12-15/h8-12,14H,5-7,13H2,1-4H3/t14-/m0/s1. The molecule has 0 radical (unpaired) electrons. The summed E-state index contributed by atoms with van der Waals surface area (Å²) in [6.07, 6.45) is 0.818. The Balaban J connectivity index is 2.84. The molecule has 0 unspecified atom stereocenters. The topological polar surface area (TPSA) is 38.8 Å². The number of hydrogen-bond acceptors (Lipinski definition) is 3. The minimum atomic E-state index is -3.19. The van der Waals surface area contributed by atoms with E-state index in [0.717, 1.165) is 6.42 Å². The second kappa shape index (κ2) is 8.58. The van der Waals surface area contributed by atoms with E-state index in [1.807, 2.05) is 43.6 Å². The van der Waals surface area contributed by atoms with Gasteiger partial charge in [-0.25, -0.2) is 9.24 Å². The van der Waals surface area contributed by atoms with Crippen molar-refractivity contribution in [1.29, 1.82) is 0 Å². The number of benzene rings is 1. The molecule has 1 atom stereocenters. The van der Waals surface area contributed by atoms with Crippen molar-refractivity contribution in [2.45, 2.75) is 40.2 Å². The van der Waals surface area contributed by atoms with Gasteiger partial charge in [0.15, 0.2) is 0 Å². The molecule has 5 heteroatoms. The smallest absolute Gasteiger partial charge is 0.297 e. The SMILES string of the molecule is CCOP(=O)(OCC)N(CC)[C@@H](C)Cc1ccccc1. The van der Waals surface area contributed by atoms with Crippen molar-refractivity contribution >= 4 is 7.75 Å². The molecule has 0 aromatic heterocycles. The molecule has 114 valence electrons. The normalized spacial score (nSPS) is 13.7. The van der Waals surface area contributed by atoms with Crippen LogP contribution in [0.15, 0.2) is 30.3 Å². The van der Waals surface area contributed by atoms with Gasteiger partial charge in [0.05, 0.1) is 13.2 Å². The molecule has 0 N–H and O–H groups in total. The minimum Gasteiger partial charge on any atom is -0.297 e. The number of nitrogens with zero attached hydrogens (tertiary/aromatic N) is 1. The maximum Gasteiger partial charge on any atom is 0.408 e. The lowest BCUT2D eigenvalue weighted by atomic mass is 10.1. The Morgan fingerprint density at radius 2 is 1.65 bits per heavy atom. The molecule has 0 aliphatic rings. The lowest BCUT2D eigenvalue weighted by molar-refractivity contribution is 0.154. The van der Waals surface area contributed by atoms with E-state index < -0.39 is 7.75 Å². The van der Waals surface area contributed by atoms with Crippen LogP contribution in [0.1, 0.15) is 33.3 Å². The van der Waals surface area contributed by atoms with E-state index in [0.29, 0.717) is 19.8 Å². The molecule has 0 bridgehead atoms. The second-order valence-corrected chi connectivity index (χ2v) is 6.57. The van der Waals surface area contributed by atoms with Gasteiger partial charge in [0.2, 0.25) is 0 Å². The predicted molar refractivity (Wildman–Crippen MR) is 82.8 cm³/mol. The molecule has 0 saturated carbocycles. The third-order valence-corrected chi connectivity index (χ3v) is 5.58. The van der Waals surface area contributed by atoms with Crippen LogP contribution in [0.4, 0.5) is 0 Å². The third kappa shape index (κ3) is 4.71. The van der Waals surface area contributed by atoms with Gasteiger partial charge in [-0.3, -0.25) is 9.05 Å². The van der Waals surface area contributed by atoms with Gasteiger partial charge in [-0.15, -0.1) is 0 Å². The van der Waals surface area contributed by atoms with Gasteiger partial charge in [0, 0.05) is 12.6 Å². The monoisotopic (exact) mass is 299 g/mol. The summed E-state index contributed by atoms with van der Waals surface area (Å²) in [5.74, 6) is 0. The van der Waals surface area contributed by atoms with Crippen LogP contribution < -0.4 is 0 Å². The van der Waals surface area contributed by atoms with Crippen molar-refractivity contribution in [3.05, 3.63) is 35.9 Å². The summed E-state index contributed by atoms with van der Waals surface area (Å²) in [6.45, 7) is 9.10. The molecular weight excluding hydrogens is 273 g/mol. The van der Waals surface area contributed by atoms with Crippen LogP contribution in [0.3, 0.4) is 0 Å². The van der Waals surface area contributed by atoms with Gasteiger partial charge in [0.25, 0.3) is 0 Å². The average Bonchev–Trinajstić information content (AvgIpc) is 2.41. The number of likely N-dealkylation sites (N-methyl/N-ethyl adjacent to an activating group) is 1. The summed E-state index contributed by atoms with van der Waals surface area (Å²) < 4.78 is 25.6. The largest absolute Gasteiger partial charge is 0.408 e. The lowest BCUT2D eigenvalue weighted by Crippen LogP contribution is -2.33. The first kappa shape index (κ1) is 17.4. The van der Waals surface area contributed by atoms with Crippen LogP contribution in [-0.4, -0.2) is 30.5 Å². The second-order valence-electron chi connectivity index (χ2n) is 4.60. The predicted octanol–water partition coefficient (Wildman–Crippen LogP) is 4.12. The lowest BCUT2D eigenvalue weighted by Gasteiger charge is -2.33. The molecule has 0 spiro atoms. The molecule has 0 amide bonds. The number of hydrogen-bond donors (Lipinski definition) is 0. The molecule has 1 aromatic rings. The Bertz CT molecular complexity index is 414. The van der Waals surface area contributed by atoms with Crippen molar-refractivity contribution < 1.29 is 13.6 Å². The Labute approximate surface area is 122 Å². The van der Waals surface area contributed by atoms with Crippen LogP contribution in [0.2, 0.25) is 0 Å². The highest BCUT2D eigenvalue weighted by molar-refractivity contribution is 7.51. The zero-order valence-corrected chi connectivity index (χ0v) is 13.8. The number of rotatable bonds is 9. The molecule has 0 fully saturated rings. The molecule has 1 rings (SSSR count). The van der Waals surface area contributed by atoms with Gasteiger partial charge in [-0.1, -0.05) is 37.3 Å². The Kier molecular flexibility index (Phi) is 7.46. The van der Waals surface area contributed by atoms with Crippen LogP contribution in [-0.2, 0) is 20.0 Å². The van der Waals surface area contributed by atoms with Gasteiger partial charge >= 0.3 is 7.75 Å². The quantitative estimate of drug-likeness (QED) is 0.643. The summed E-state index contributed by atoms with van der Waals surface area (Å²) in [5, 5.41) is 0. The Morgan fingerprint density at radius 3 is 2.10 bits per heavy atom. The van der Waals surface area contributed by atoms with E-state index in [1.54, 1.807) is 0 Å². The first-order valence-electron chi connectivity index (χ1n) is 7.27.